The monoisotopic (exact) mass is 284 g/mol. The SMILES string of the molecule is COC(=O)c1c(F)cc(CS(=O)(=O)Cl)cc1F. The first-order valence-corrected chi connectivity index (χ1v) is 6.71. The van der Waals surface area contributed by atoms with Gasteiger partial charge in [0, 0.05) is 10.7 Å². The first-order valence-electron chi connectivity index (χ1n) is 4.23. The van der Waals surface area contributed by atoms with Crippen LogP contribution in [0.15, 0.2) is 12.1 Å². The molecule has 0 heterocycles. The fourth-order valence-electron chi connectivity index (χ4n) is 1.21. The number of methoxy groups -OCH3 is 1. The van der Waals surface area contributed by atoms with Crippen molar-refractivity contribution in [2.45, 2.75) is 5.75 Å². The van der Waals surface area contributed by atoms with Crippen LogP contribution in [0.1, 0.15) is 15.9 Å². The van der Waals surface area contributed by atoms with Crippen molar-refractivity contribution in [3.63, 3.8) is 0 Å². The summed E-state index contributed by atoms with van der Waals surface area (Å²) in [5, 5.41) is 0. The van der Waals surface area contributed by atoms with E-state index in [1.807, 2.05) is 0 Å². The molecule has 0 aliphatic carbocycles. The molecular weight excluding hydrogens is 278 g/mol. The predicted molar refractivity (Wildman–Crippen MR) is 56.2 cm³/mol. The Morgan fingerprint density at radius 3 is 2.18 bits per heavy atom. The lowest BCUT2D eigenvalue weighted by atomic mass is 10.1. The molecule has 0 bridgehead atoms. The van der Waals surface area contributed by atoms with E-state index in [0.717, 1.165) is 19.2 Å². The van der Waals surface area contributed by atoms with E-state index in [1.54, 1.807) is 0 Å². The first kappa shape index (κ1) is 13.9. The van der Waals surface area contributed by atoms with Crippen LogP contribution in [0.25, 0.3) is 0 Å². The molecule has 0 fully saturated rings. The molecule has 0 radical (unpaired) electrons. The van der Waals surface area contributed by atoms with Crippen molar-refractivity contribution in [2.75, 3.05) is 7.11 Å². The Balaban J connectivity index is 3.23. The maximum Gasteiger partial charge on any atom is 0.343 e. The molecule has 8 heteroatoms. The molecule has 0 unspecified atom stereocenters. The minimum Gasteiger partial charge on any atom is -0.465 e. The van der Waals surface area contributed by atoms with Crippen LogP contribution < -0.4 is 0 Å². The van der Waals surface area contributed by atoms with Crippen LogP contribution in [0.3, 0.4) is 0 Å². The summed E-state index contributed by atoms with van der Waals surface area (Å²) in [5.74, 6) is -4.32. The normalized spacial score (nSPS) is 11.3. The number of hydrogen-bond donors (Lipinski definition) is 0. The molecule has 0 atom stereocenters. The highest BCUT2D eigenvalue weighted by molar-refractivity contribution is 8.13. The van der Waals surface area contributed by atoms with Gasteiger partial charge in [-0.25, -0.2) is 22.0 Å². The Hall–Kier alpha value is -1.21. The van der Waals surface area contributed by atoms with E-state index in [-0.39, 0.29) is 5.56 Å². The molecule has 0 amide bonds. The van der Waals surface area contributed by atoms with E-state index < -0.39 is 38.0 Å². The summed E-state index contributed by atoms with van der Waals surface area (Å²) in [6, 6.07) is 1.44. The molecule has 4 nitrogen and oxygen atoms in total. The zero-order valence-electron chi connectivity index (χ0n) is 8.54. The zero-order valence-corrected chi connectivity index (χ0v) is 10.1. The summed E-state index contributed by atoms with van der Waals surface area (Å²) in [6.07, 6.45) is 0. The quantitative estimate of drug-likeness (QED) is 0.627. The van der Waals surface area contributed by atoms with Crippen molar-refractivity contribution in [3.8, 4) is 0 Å². The smallest absolute Gasteiger partial charge is 0.343 e. The average molecular weight is 285 g/mol. The molecule has 0 aliphatic rings. The fraction of sp³-hybridized carbons (Fsp3) is 0.222. The Labute approximate surface area is 101 Å². The summed E-state index contributed by atoms with van der Waals surface area (Å²) in [4.78, 5) is 11.0. The maximum absolute atomic E-state index is 13.3. The third kappa shape index (κ3) is 3.64. The summed E-state index contributed by atoms with van der Waals surface area (Å²) in [7, 11) is 1.98. The number of ether oxygens (including phenoxy) is 1. The number of halogens is 3. The molecule has 17 heavy (non-hydrogen) atoms. The molecular formula is C9H7ClF2O4S. The van der Waals surface area contributed by atoms with Crippen LogP contribution in [-0.2, 0) is 19.5 Å². The number of esters is 1. The van der Waals surface area contributed by atoms with Crippen molar-refractivity contribution < 1.29 is 26.7 Å². The largest absolute Gasteiger partial charge is 0.465 e. The second-order valence-corrected chi connectivity index (χ2v) is 5.89. The van der Waals surface area contributed by atoms with Gasteiger partial charge >= 0.3 is 5.97 Å². The van der Waals surface area contributed by atoms with Gasteiger partial charge in [-0.15, -0.1) is 0 Å². The summed E-state index contributed by atoms with van der Waals surface area (Å²) in [5.41, 5.74) is -1.06. The Bertz CT molecular complexity index is 533. The van der Waals surface area contributed by atoms with Crippen molar-refractivity contribution >= 4 is 25.7 Å². The van der Waals surface area contributed by atoms with Gasteiger partial charge < -0.3 is 4.74 Å². The van der Waals surface area contributed by atoms with Gasteiger partial charge in [0.25, 0.3) is 0 Å². The van der Waals surface area contributed by atoms with Gasteiger partial charge in [-0.2, -0.15) is 0 Å². The summed E-state index contributed by atoms with van der Waals surface area (Å²) < 4.78 is 52.3. The number of hydrogen-bond acceptors (Lipinski definition) is 4. The van der Waals surface area contributed by atoms with E-state index in [1.165, 1.54) is 0 Å². The van der Waals surface area contributed by atoms with Crippen LogP contribution in [0.2, 0.25) is 0 Å². The number of carbonyl (C=O) groups is 1. The van der Waals surface area contributed by atoms with Crippen molar-refractivity contribution in [1.29, 1.82) is 0 Å². The third-order valence-corrected chi connectivity index (χ3v) is 2.84. The van der Waals surface area contributed by atoms with Crippen molar-refractivity contribution in [2.24, 2.45) is 0 Å². The van der Waals surface area contributed by atoms with E-state index in [0.29, 0.717) is 0 Å². The van der Waals surface area contributed by atoms with Crippen molar-refractivity contribution in [3.05, 3.63) is 34.9 Å². The highest BCUT2D eigenvalue weighted by atomic mass is 35.7. The Kier molecular flexibility index (Phi) is 4.05. The summed E-state index contributed by atoms with van der Waals surface area (Å²) in [6.45, 7) is 0. The van der Waals surface area contributed by atoms with Gasteiger partial charge in [-0.3, -0.25) is 0 Å². The lowest BCUT2D eigenvalue weighted by molar-refractivity contribution is 0.0590. The molecule has 1 aromatic rings. The van der Waals surface area contributed by atoms with E-state index in [9.17, 15) is 22.0 Å². The summed E-state index contributed by atoms with van der Waals surface area (Å²) >= 11 is 0. The standard InChI is InChI=1S/C9H7ClF2O4S/c1-16-9(13)8-6(11)2-5(3-7(8)12)4-17(10,14)15/h2-3H,4H2,1H3. The zero-order chi connectivity index (χ0) is 13.2. The molecule has 94 valence electrons. The fourth-order valence-corrected chi connectivity index (χ4v) is 2.15. The minimum absolute atomic E-state index is 0.192. The van der Waals surface area contributed by atoms with Crippen LogP contribution in [-0.4, -0.2) is 21.5 Å². The van der Waals surface area contributed by atoms with Crippen LogP contribution >= 0.6 is 10.7 Å². The second kappa shape index (κ2) is 4.97. The average Bonchev–Trinajstić information content (AvgIpc) is 2.13. The molecule has 0 spiro atoms. The van der Waals surface area contributed by atoms with E-state index in [2.05, 4.69) is 4.74 Å². The Morgan fingerprint density at radius 2 is 1.82 bits per heavy atom. The first-order chi connectivity index (χ1) is 7.74. The highest BCUT2D eigenvalue weighted by Crippen LogP contribution is 2.19. The van der Waals surface area contributed by atoms with Gasteiger partial charge in [0.2, 0.25) is 9.05 Å². The number of rotatable bonds is 3. The second-order valence-electron chi connectivity index (χ2n) is 3.11. The minimum atomic E-state index is -3.93. The molecule has 0 saturated carbocycles. The van der Waals surface area contributed by atoms with Crippen LogP contribution in [0.5, 0.6) is 0 Å². The maximum atomic E-state index is 13.3. The van der Waals surface area contributed by atoms with Crippen LogP contribution in [0, 0.1) is 11.6 Å². The molecule has 0 N–H and O–H groups in total. The number of carbonyl (C=O) groups excluding carboxylic acids is 1. The van der Waals surface area contributed by atoms with Gasteiger partial charge in [0.05, 0.1) is 12.9 Å². The Morgan fingerprint density at radius 1 is 1.35 bits per heavy atom. The van der Waals surface area contributed by atoms with Gasteiger partial charge in [0.15, 0.2) is 0 Å². The lowest BCUT2D eigenvalue weighted by Crippen LogP contribution is -2.09. The molecule has 0 aromatic heterocycles. The molecule has 1 rings (SSSR count). The molecule has 1 aromatic carbocycles. The third-order valence-electron chi connectivity index (χ3n) is 1.83. The lowest BCUT2D eigenvalue weighted by Gasteiger charge is -2.05. The molecule has 0 saturated heterocycles. The van der Waals surface area contributed by atoms with Gasteiger partial charge in [-0.1, -0.05) is 0 Å². The number of benzene rings is 1. The highest BCUT2D eigenvalue weighted by Gasteiger charge is 2.20. The van der Waals surface area contributed by atoms with Gasteiger partial charge in [0.1, 0.15) is 17.2 Å². The van der Waals surface area contributed by atoms with E-state index >= 15 is 0 Å². The predicted octanol–water partition coefficient (Wildman–Crippen LogP) is 1.82. The van der Waals surface area contributed by atoms with E-state index in [4.69, 9.17) is 10.7 Å². The van der Waals surface area contributed by atoms with Gasteiger partial charge in [-0.05, 0) is 17.7 Å². The van der Waals surface area contributed by atoms with Crippen LogP contribution in [0.4, 0.5) is 8.78 Å². The topological polar surface area (TPSA) is 60.4 Å². The van der Waals surface area contributed by atoms with Crippen molar-refractivity contribution in [1.82, 2.24) is 0 Å². The molecule has 0 aliphatic heterocycles.